The molecule has 1 heterocycles. The topological polar surface area (TPSA) is 78.3 Å². The molecule has 7 heteroatoms. The number of methoxy groups -OCH3 is 1. The number of aromatic nitrogens is 2. The summed E-state index contributed by atoms with van der Waals surface area (Å²) < 4.78 is 30.2. The maximum atomic E-state index is 12.7. The lowest BCUT2D eigenvalue weighted by atomic mass is 10.0. The summed E-state index contributed by atoms with van der Waals surface area (Å²) in [6.45, 7) is 4.00. The predicted octanol–water partition coefficient (Wildman–Crippen LogP) is 3.83. The number of sulfone groups is 1. The van der Waals surface area contributed by atoms with Crippen LogP contribution in [0.25, 0.3) is 5.69 Å². The quantitative estimate of drug-likeness (QED) is 0.465. The van der Waals surface area contributed by atoms with Crippen molar-refractivity contribution in [2.45, 2.75) is 39.5 Å². The van der Waals surface area contributed by atoms with Gasteiger partial charge in [0.25, 0.3) is 0 Å². The first-order valence-corrected chi connectivity index (χ1v) is 12.7. The molecule has 1 aromatic heterocycles. The van der Waals surface area contributed by atoms with E-state index in [0.29, 0.717) is 31.4 Å². The molecule has 0 radical (unpaired) electrons. The zero-order chi connectivity index (χ0) is 23.3. The Hall–Kier alpha value is -2.93. The third kappa shape index (κ3) is 6.53. The zero-order valence-corrected chi connectivity index (χ0v) is 19.9. The first-order chi connectivity index (χ1) is 15.1. The lowest BCUT2D eigenvalue weighted by Gasteiger charge is -2.11. The summed E-state index contributed by atoms with van der Waals surface area (Å²) in [5, 5.41) is 4.60. The van der Waals surface area contributed by atoms with E-state index in [0.717, 1.165) is 33.8 Å². The smallest absolute Gasteiger partial charge is 0.147 e. The second-order valence-corrected chi connectivity index (χ2v) is 10.5. The lowest BCUT2D eigenvalue weighted by Crippen LogP contribution is -2.09. The normalized spacial score (nSPS) is 11.5. The molecule has 0 atom stereocenters. The Bertz CT molecular complexity index is 1210. The Kier molecular flexibility index (Phi) is 7.51. The highest BCUT2D eigenvalue weighted by Crippen LogP contribution is 2.22. The number of hydrogen-bond donors (Lipinski definition) is 0. The maximum Gasteiger partial charge on any atom is 0.147 e. The van der Waals surface area contributed by atoms with Crippen LogP contribution < -0.4 is 4.74 Å². The average Bonchev–Trinajstić information content (AvgIpc) is 3.11. The van der Waals surface area contributed by atoms with Gasteiger partial charge in [0.2, 0.25) is 0 Å². The molecule has 0 amide bonds. The molecule has 0 bridgehead atoms. The molecule has 3 rings (SSSR count). The Morgan fingerprint density at radius 1 is 1.06 bits per heavy atom. The molecule has 2 aromatic carbocycles. The van der Waals surface area contributed by atoms with Gasteiger partial charge in [-0.05, 0) is 67.6 Å². The molecule has 0 saturated heterocycles. The van der Waals surface area contributed by atoms with Crippen molar-refractivity contribution in [1.29, 1.82) is 0 Å². The SMILES string of the molecule is COc1cc(CC(=O)CCc2cc(C)nn2-c2cccc(C)c2)ccc1CCS(C)(=O)=O. The molecule has 0 N–H and O–H groups in total. The number of aryl methyl sites for hydroxylation is 4. The fourth-order valence-corrected chi connectivity index (χ4v) is 4.29. The van der Waals surface area contributed by atoms with Crippen molar-refractivity contribution < 1.29 is 17.9 Å². The van der Waals surface area contributed by atoms with Gasteiger partial charge in [0.1, 0.15) is 21.4 Å². The van der Waals surface area contributed by atoms with E-state index in [2.05, 4.69) is 11.2 Å². The van der Waals surface area contributed by atoms with Gasteiger partial charge in [-0.3, -0.25) is 4.79 Å². The number of nitrogens with zero attached hydrogens (tertiary/aromatic N) is 2. The van der Waals surface area contributed by atoms with E-state index in [-0.39, 0.29) is 11.5 Å². The highest BCUT2D eigenvalue weighted by Gasteiger charge is 2.13. The largest absolute Gasteiger partial charge is 0.496 e. The fourth-order valence-electron chi connectivity index (χ4n) is 3.70. The van der Waals surface area contributed by atoms with Crippen LogP contribution in [0.3, 0.4) is 0 Å². The van der Waals surface area contributed by atoms with Crippen molar-refractivity contribution in [1.82, 2.24) is 9.78 Å². The second kappa shape index (κ2) is 10.1. The van der Waals surface area contributed by atoms with Crippen LogP contribution in [-0.4, -0.2) is 43.1 Å². The van der Waals surface area contributed by atoms with Crippen LogP contribution >= 0.6 is 0 Å². The molecule has 0 spiro atoms. The van der Waals surface area contributed by atoms with Crippen molar-refractivity contribution in [3.63, 3.8) is 0 Å². The number of ketones is 1. The standard InChI is InChI=1S/C25H30N2O4S/c1-18-6-5-7-22(14-18)27-23(15-19(2)26-27)10-11-24(28)16-20-8-9-21(25(17-20)31-3)12-13-32(4,29)30/h5-9,14-15,17H,10-13,16H2,1-4H3. The van der Waals surface area contributed by atoms with E-state index >= 15 is 0 Å². The molecule has 6 nitrogen and oxygen atoms in total. The van der Waals surface area contributed by atoms with E-state index in [1.807, 2.05) is 61.0 Å². The van der Waals surface area contributed by atoms with Crippen LogP contribution in [0, 0.1) is 13.8 Å². The first-order valence-electron chi connectivity index (χ1n) is 10.6. The van der Waals surface area contributed by atoms with Gasteiger partial charge in [-0.1, -0.05) is 24.3 Å². The Morgan fingerprint density at radius 3 is 2.53 bits per heavy atom. The van der Waals surface area contributed by atoms with Crippen LogP contribution in [0.1, 0.15) is 34.5 Å². The summed E-state index contributed by atoms with van der Waals surface area (Å²) >= 11 is 0. The van der Waals surface area contributed by atoms with Gasteiger partial charge >= 0.3 is 0 Å². The van der Waals surface area contributed by atoms with Gasteiger partial charge in [0, 0.05) is 24.8 Å². The van der Waals surface area contributed by atoms with Gasteiger partial charge in [-0.25, -0.2) is 13.1 Å². The van der Waals surface area contributed by atoms with E-state index < -0.39 is 9.84 Å². The highest BCUT2D eigenvalue weighted by atomic mass is 32.2. The third-order valence-corrected chi connectivity index (χ3v) is 6.25. The number of rotatable bonds is 10. The minimum absolute atomic E-state index is 0.0652. The summed E-state index contributed by atoms with van der Waals surface area (Å²) in [6, 6.07) is 15.7. The second-order valence-electron chi connectivity index (χ2n) is 8.27. The molecular weight excluding hydrogens is 424 g/mol. The van der Waals surface area contributed by atoms with E-state index in [9.17, 15) is 13.2 Å². The summed E-state index contributed by atoms with van der Waals surface area (Å²) in [5.74, 6) is 0.813. The molecule has 0 aliphatic heterocycles. The summed E-state index contributed by atoms with van der Waals surface area (Å²) in [5.41, 5.74) is 5.77. The third-order valence-electron chi connectivity index (χ3n) is 5.31. The number of ether oxygens (including phenoxy) is 1. The lowest BCUT2D eigenvalue weighted by molar-refractivity contribution is -0.118. The summed E-state index contributed by atoms with van der Waals surface area (Å²) in [4.78, 5) is 12.7. The molecule has 0 saturated carbocycles. The van der Waals surface area contributed by atoms with Crippen molar-refractivity contribution in [3.8, 4) is 11.4 Å². The summed E-state index contributed by atoms with van der Waals surface area (Å²) in [7, 11) is -1.50. The molecular formula is C25H30N2O4S. The van der Waals surface area contributed by atoms with Gasteiger partial charge < -0.3 is 4.74 Å². The Morgan fingerprint density at radius 2 is 1.84 bits per heavy atom. The van der Waals surface area contributed by atoms with Gasteiger partial charge in [0.05, 0.1) is 24.2 Å². The average molecular weight is 455 g/mol. The van der Waals surface area contributed by atoms with Gasteiger partial charge in [0.15, 0.2) is 0 Å². The maximum absolute atomic E-state index is 12.7. The minimum Gasteiger partial charge on any atom is -0.496 e. The van der Waals surface area contributed by atoms with Crippen LogP contribution in [0.15, 0.2) is 48.5 Å². The molecule has 3 aromatic rings. The van der Waals surface area contributed by atoms with Crippen molar-refractivity contribution >= 4 is 15.6 Å². The van der Waals surface area contributed by atoms with Crippen LogP contribution in [0.5, 0.6) is 5.75 Å². The molecule has 0 unspecified atom stereocenters. The zero-order valence-electron chi connectivity index (χ0n) is 19.1. The molecule has 0 aliphatic rings. The van der Waals surface area contributed by atoms with Crippen molar-refractivity contribution in [3.05, 3.63) is 76.6 Å². The monoisotopic (exact) mass is 454 g/mol. The Labute approximate surface area is 190 Å². The molecule has 32 heavy (non-hydrogen) atoms. The van der Waals surface area contributed by atoms with E-state index in [1.54, 1.807) is 7.11 Å². The number of benzene rings is 2. The van der Waals surface area contributed by atoms with Crippen molar-refractivity contribution in [2.75, 3.05) is 19.1 Å². The number of carbonyl (C=O) groups is 1. The molecule has 0 fully saturated rings. The van der Waals surface area contributed by atoms with Gasteiger partial charge in [-0.15, -0.1) is 0 Å². The van der Waals surface area contributed by atoms with E-state index in [1.165, 1.54) is 6.26 Å². The first kappa shape index (κ1) is 23.7. The summed E-state index contributed by atoms with van der Waals surface area (Å²) in [6.07, 6.45) is 2.93. The Balaban J connectivity index is 1.66. The molecule has 0 aliphatic carbocycles. The van der Waals surface area contributed by atoms with Crippen molar-refractivity contribution in [2.24, 2.45) is 0 Å². The number of Topliss-reactive ketones (excluding diaryl/α,β-unsaturated/α-hetero) is 1. The van der Waals surface area contributed by atoms with Crippen LogP contribution in [0.2, 0.25) is 0 Å². The number of hydrogen-bond acceptors (Lipinski definition) is 5. The molecule has 170 valence electrons. The van der Waals surface area contributed by atoms with Crippen LogP contribution in [-0.2, 0) is 33.9 Å². The minimum atomic E-state index is -3.05. The fraction of sp³-hybridized carbons (Fsp3) is 0.360. The van der Waals surface area contributed by atoms with Gasteiger partial charge in [-0.2, -0.15) is 5.10 Å². The van der Waals surface area contributed by atoms with E-state index in [4.69, 9.17) is 4.74 Å². The highest BCUT2D eigenvalue weighted by molar-refractivity contribution is 7.90. The number of carbonyl (C=O) groups excluding carboxylic acids is 1. The van der Waals surface area contributed by atoms with Crippen LogP contribution in [0.4, 0.5) is 0 Å². The predicted molar refractivity (Wildman–Crippen MR) is 126 cm³/mol.